The van der Waals surface area contributed by atoms with Gasteiger partial charge in [-0.25, -0.2) is 0 Å². The number of H-pyrrole nitrogens is 1. The summed E-state index contributed by atoms with van der Waals surface area (Å²) in [6.07, 6.45) is 2.59. The molecule has 0 saturated carbocycles. The minimum atomic E-state index is -0.329. The number of hydrogen-bond donors (Lipinski definition) is 2. The van der Waals surface area contributed by atoms with E-state index < -0.39 is 0 Å². The lowest BCUT2D eigenvalue weighted by molar-refractivity contribution is 0.158. The van der Waals surface area contributed by atoms with Crippen LogP contribution in [0.5, 0.6) is 5.75 Å². The Morgan fingerprint density at radius 2 is 2.31 bits per heavy atom. The highest BCUT2D eigenvalue weighted by molar-refractivity contribution is 5.90. The van der Waals surface area contributed by atoms with Crippen molar-refractivity contribution in [3.05, 3.63) is 29.5 Å². The number of para-hydroxylation sites is 1. The summed E-state index contributed by atoms with van der Waals surface area (Å²) in [5, 5.41) is 11.1. The Balaban J connectivity index is 2.32. The molecule has 3 heteroatoms. The summed E-state index contributed by atoms with van der Waals surface area (Å²) in [6, 6.07) is 5.95. The summed E-state index contributed by atoms with van der Waals surface area (Å²) in [5.41, 5.74) is 3.24. The van der Waals surface area contributed by atoms with Crippen molar-refractivity contribution in [1.82, 2.24) is 4.98 Å². The van der Waals surface area contributed by atoms with E-state index in [9.17, 15) is 5.11 Å². The number of rotatable bonds is 1. The van der Waals surface area contributed by atoms with E-state index in [1.54, 1.807) is 7.11 Å². The van der Waals surface area contributed by atoms with Gasteiger partial charge in [0.15, 0.2) is 0 Å². The fourth-order valence-corrected chi connectivity index (χ4v) is 2.63. The molecular formula is C13H15NO2. The molecule has 3 rings (SSSR count). The summed E-state index contributed by atoms with van der Waals surface area (Å²) in [4.78, 5) is 3.38. The number of aromatic nitrogens is 1. The van der Waals surface area contributed by atoms with Crippen LogP contribution >= 0.6 is 0 Å². The molecule has 0 spiro atoms. The lowest BCUT2D eigenvalue weighted by atomic mass is 9.93. The van der Waals surface area contributed by atoms with Gasteiger partial charge >= 0.3 is 0 Å². The standard InChI is InChI=1S/C13H15NO2/c1-16-11-7-2-4-8-12-9(14-13(8)11)5-3-6-10(12)15/h2,4,7,10,14-15H,3,5-6H2,1H3. The topological polar surface area (TPSA) is 45.2 Å². The van der Waals surface area contributed by atoms with E-state index in [1.807, 2.05) is 18.2 Å². The van der Waals surface area contributed by atoms with Crippen LogP contribution in [-0.4, -0.2) is 17.2 Å². The molecular weight excluding hydrogens is 202 g/mol. The van der Waals surface area contributed by atoms with Gasteiger partial charge in [0, 0.05) is 16.6 Å². The minimum Gasteiger partial charge on any atom is -0.495 e. The van der Waals surface area contributed by atoms with Gasteiger partial charge in [-0.05, 0) is 25.3 Å². The van der Waals surface area contributed by atoms with Crippen LogP contribution in [0.3, 0.4) is 0 Å². The third kappa shape index (κ3) is 1.25. The number of hydrogen-bond acceptors (Lipinski definition) is 2. The largest absolute Gasteiger partial charge is 0.495 e. The van der Waals surface area contributed by atoms with Gasteiger partial charge < -0.3 is 14.8 Å². The summed E-state index contributed by atoms with van der Waals surface area (Å²) >= 11 is 0. The summed E-state index contributed by atoms with van der Waals surface area (Å²) in [7, 11) is 1.67. The van der Waals surface area contributed by atoms with E-state index >= 15 is 0 Å². The quantitative estimate of drug-likeness (QED) is 0.771. The molecule has 84 valence electrons. The van der Waals surface area contributed by atoms with Crippen LogP contribution in [-0.2, 0) is 6.42 Å². The van der Waals surface area contributed by atoms with Crippen molar-refractivity contribution in [2.75, 3.05) is 7.11 Å². The molecule has 0 aliphatic heterocycles. The van der Waals surface area contributed by atoms with E-state index in [1.165, 1.54) is 5.69 Å². The van der Waals surface area contributed by atoms with Crippen LogP contribution in [0.4, 0.5) is 0 Å². The average Bonchev–Trinajstić information content (AvgIpc) is 2.68. The molecule has 0 saturated heterocycles. The van der Waals surface area contributed by atoms with E-state index in [0.29, 0.717) is 0 Å². The molecule has 1 aromatic carbocycles. The number of aromatic amines is 1. The van der Waals surface area contributed by atoms with Crippen molar-refractivity contribution in [2.24, 2.45) is 0 Å². The van der Waals surface area contributed by atoms with Gasteiger partial charge in [-0.2, -0.15) is 0 Å². The molecule has 2 aromatic rings. The second kappa shape index (κ2) is 3.52. The fourth-order valence-electron chi connectivity index (χ4n) is 2.63. The monoisotopic (exact) mass is 217 g/mol. The molecule has 1 heterocycles. The highest BCUT2D eigenvalue weighted by atomic mass is 16.5. The Labute approximate surface area is 94.0 Å². The van der Waals surface area contributed by atoms with E-state index in [0.717, 1.165) is 41.5 Å². The zero-order valence-electron chi connectivity index (χ0n) is 9.29. The second-order valence-electron chi connectivity index (χ2n) is 4.31. The van der Waals surface area contributed by atoms with E-state index in [-0.39, 0.29) is 6.10 Å². The maximum Gasteiger partial charge on any atom is 0.142 e. The van der Waals surface area contributed by atoms with Gasteiger partial charge in [-0.3, -0.25) is 0 Å². The lowest BCUT2D eigenvalue weighted by Crippen LogP contribution is -2.07. The normalized spacial score (nSPS) is 19.8. The zero-order chi connectivity index (χ0) is 11.1. The van der Waals surface area contributed by atoms with Crippen molar-refractivity contribution < 1.29 is 9.84 Å². The molecule has 3 nitrogen and oxygen atoms in total. The summed E-state index contributed by atoms with van der Waals surface area (Å²) in [5.74, 6) is 0.846. The molecule has 1 unspecified atom stereocenters. The van der Waals surface area contributed by atoms with Crippen molar-refractivity contribution >= 4 is 10.9 Å². The molecule has 2 N–H and O–H groups in total. The van der Waals surface area contributed by atoms with Crippen LogP contribution in [0.1, 0.15) is 30.2 Å². The zero-order valence-corrected chi connectivity index (χ0v) is 9.29. The van der Waals surface area contributed by atoms with Crippen molar-refractivity contribution in [3.8, 4) is 5.75 Å². The smallest absolute Gasteiger partial charge is 0.142 e. The third-order valence-corrected chi connectivity index (χ3v) is 3.37. The molecule has 1 atom stereocenters. The van der Waals surface area contributed by atoms with Crippen LogP contribution in [0.2, 0.25) is 0 Å². The Bertz CT molecular complexity index is 530. The number of aliphatic hydroxyl groups excluding tert-OH is 1. The number of fused-ring (bicyclic) bond motifs is 3. The number of nitrogens with one attached hydrogen (secondary N) is 1. The summed E-state index contributed by atoms with van der Waals surface area (Å²) < 4.78 is 5.33. The lowest BCUT2D eigenvalue weighted by Gasteiger charge is -2.17. The Hall–Kier alpha value is -1.48. The predicted octanol–water partition coefficient (Wildman–Crippen LogP) is 2.55. The number of methoxy groups -OCH3 is 1. The first-order valence-corrected chi connectivity index (χ1v) is 5.67. The number of aryl methyl sites for hydroxylation is 1. The van der Waals surface area contributed by atoms with Gasteiger partial charge in [0.25, 0.3) is 0 Å². The molecule has 1 aliphatic rings. The molecule has 1 aliphatic carbocycles. The Morgan fingerprint density at radius 1 is 1.44 bits per heavy atom. The first-order valence-electron chi connectivity index (χ1n) is 5.67. The fraction of sp³-hybridized carbons (Fsp3) is 0.385. The highest BCUT2D eigenvalue weighted by Crippen LogP contribution is 2.38. The van der Waals surface area contributed by atoms with Crippen molar-refractivity contribution in [2.45, 2.75) is 25.4 Å². The van der Waals surface area contributed by atoms with Crippen LogP contribution in [0, 0.1) is 0 Å². The van der Waals surface area contributed by atoms with E-state index in [4.69, 9.17) is 4.74 Å². The first-order chi connectivity index (χ1) is 7.81. The second-order valence-corrected chi connectivity index (χ2v) is 4.31. The third-order valence-electron chi connectivity index (χ3n) is 3.37. The maximum atomic E-state index is 10.1. The Morgan fingerprint density at radius 3 is 3.12 bits per heavy atom. The van der Waals surface area contributed by atoms with Crippen molar-refractivity contribution in [1.29, 1.82) is 0 Å². The molecule has 0 fully saturated rings. The number of aliphatic hydroxyl groups is 1. The van der Waals surface area contributed by atoms with Crippen LogP contribution in [0.25, 0.3) is 10.9 Å². The SMILES string of the molecule is COc1cccc2c3c([nH]c12)CCCC3O. The highest BCUT2D eigenvalue weighted by Gasteiger charge is 2.23. The maximum absolute atomic E-state index is 10.1. The number of ether oxygens (including phenoxy) is 1. The Kier molecular flexibility index (Phi) is 2.14. The minimum absolute atomic E-state index is 0.329. The van der Waals surface area contributed by atoms with Gasteiger partial charge in [0.2, 0.25) is 0 Å². The van der Waals surface area contributed by atoms with Gasteiger partial charge in [0.05, 0.1) is 18.7 Å². The molecule has 0 bridgehead atoms. The van der Waals surface area contributed by atoms with Gasteiger partial charge in [0.1, 0.15) is 5.75 Å². The van der Waals surface area contributed by atoms with Crippen LogP contribution in [0.15, 0.2) is 18.2 Å². The first kappa shape index (κ1) is 9.73. The van der Waals surface area contributed by atoms with Gasteiger partial charge in [-0.1, -0.05) is 12.1 Å². The van der Waals surface area contributed by atoms with Crippen LogP contribution < -0.4 is 4.74 Å². The number of benzene rings is 1. The van der Waals surface area contributed by atoms with E-state index in [2.05, 4.69) is 4.98 Å². The van der Waals surface area contributed by atoms with Gasteiger partial charge in [-0.15, -0.1) is 0 Å². The molecule has 0 amide bonds. The summed E-state index contributed by atoms with van der Waals surface area (Å²) in [6.45, 7) is 0. The molecule has 1 aromatic heterocycles. The molecule has 0 radical (unpaired) electrons. The molecule has 16 heavy (non-hydrogen) atoms. The average molecular weight is 217 g/mol. The van der Waals surface area contributed by atoms with Crippen molar-refractivity contribution in [3.63, 3.8) is 0 Å². The predicted molar refractivity (Wildman–Crippen MR) is 62.7 cm³/mol.